The Hall–Kier alpha value is -2.38. The van der Waals surface area contributed by atoms with Crippen molar-refractivity contribution in [3.8, 4) is 17.0 Å². The highest BCUT2D eigenvalue weighted by molar-refractivity contribution is 5.73. The van der Waals surface area contributed by atoms with Gasteiger partial charge in [-0.15, -0.1) is 0 Å². The van der Waals surface area contributed by atoms with E-state index in [1.54, 1.807) is 6.07 Å². The third kappa shape index (κ3) is 2.72. The first kappa shape index (κ1) is 13.1. The van der Waals surface area contributed by atoms with E-state index in [0.29, 0.717) is 11.4 Å². The van der Waals surface area contributed by atoms with Gasteiger partial charge in [-0.25, -0.2) is 15.0 Å². The third-order valence-electron chi connectivity index (χ3n) is 2.33. The molecule has 0 unspecified atom stereocenters. The number of nitrogens with zero attached hydrogens (tertiary/aromatic N) is 3. The van der Waals surface area contributed by atoms with Gasteiger partial charge in [-0.05, 0) is 11.6 Å². The van der Waals surface area contributed by atoms with Gasteiger partial charge in [-0.1, -0.05) is 0 Å². The second kappa shape index (κ2) is 4.71. The van der Waals surface area contributed by atoms with Gasteiger partial charge in [-0.2, -0.15) is 13.2 Å². The zero-order chi connectivity index (χ0) is 14.0. The number of anilines is 1. The molecule has 0 spiro atoms. The van der Waals surface area contributed by atoms with Crippen LogP contribution in [0.15, 0.2) is 24.5 Å². The van der Waals surface area contributed by atoms with Crippen LogP contribution in [0, 0.1) is 0 Å². The molecular formula is C11H9F3N4O. The quantitative estimate of drug-likeness (QED) is 0.905. The molecule has 2 rings (SSSR count). The number of halogens is 3. The summed E-state index contributed by atoms with van der Waals surface area (Å²) >= 11 is 0. The van der Waals surface area contributed by atoms with Crippen molar-refractivity contribution in [3.05, 3.63) is 30.4 Å². The van der Waals surface area contributed by atoms with Crippen LogP contribution in [0.4, 0.5) is 19.0 Å². The lowest BCUT2D eigenvalue weighted by Gasteiger charge is -2.09. The van der Waals surface area contributed by atoms with Crippen molar-refractivity contribution in [1.29, 1.82) is 0 Å². The molecule has 100 valence electrons. The van der Waals surface area contributed by atoms with E-state index in [1.807, 2.05) is 0 Å². The van der Waals surface area contributed by atoms with Crippen molar-refractivity contribution in [2.75, 3.05) is 12.8 Å². The van der Waals surface area contributed by atoms with Gasteiger partial charge >= 0.3 is 6.18 Å². The van der Waals surface area contributed by atoms with Crippen LogP contribution in [0.3, 0.4) is 0 Å². The van der Waals surface area contributed by atoms with Gasteiger partial charge < -0.3 is 10.5 Å². The number of methoxy groups -OCH3 is 1. The standard InChI is InChI=1S/C11H9F3N4O/c1-19-8-4-6(2-3-16-8)7-5-17-10(11(12,13)14)18-9(7)15/h2-5H,1H3,(H2,15,17,18). The molecule has 0 bridgehead atoms. The number of pyridine rings is 1. The molecule has 0 saturated heterocycles. The Balaban J connectivity index is 2.46. The van der Waals surface area contributed by atoms with Crippen LogP contribution in [0.1, 0.15) is 5.82 Å². The molecule has 2 heterocycles. The zero-order valence-corrected chi connectivity index (χ0v) is 9.77. The summed E-state index contributed by atoms with van der Waals surface area (Å²) in [5.41, 5.74) is 6.34. The molecule has 2 N–H and O–H groups in total. The van der Waals surface area contributed by atoms with Crippen LogP contribution in [-0.4, -0.2) is 22.1 Å². The minimum atomic E-state index is -4.62. The van der Waals surface area contributed by atoms with E-state index >= 15 is 0 Å². The summed E-state index contributed by atoms with van der Waals surface area (Å²) in [6.45, 7) is 0. The maximum Gasteiger partial charge on any atom is 0.451 e. The molecule has 0 radical (unpaired) electrons. The molecule has 5 nitrogen and oxygen atoms in total. The van der Waals surface area contributed by atoms with Crippen molar-refractivity contribution in [2.45, 2.75) is 6.18 Å². The van der Waals surface area contributed by atoms with E-state index in [-0.39, 0.29) is 11.4 Å². The van der Waals surface area contributed by atoms with Gasteiger partial charge in [0.25, 0.3) is 0 Å². The third-order valence-corrected chi connectivity index (χ3v) is 2.33. The molecule has 0 aliphatic carbocycles. The highest BCUT2D eigenvalue weighted by atomic mass is 19.4. The topological polar surface area (TPSA) is 73.9 Å². The number of rotatable bonds is 2. The second-order valence-corrected chi connectivity index (χ2v) is 3.58. The highest BCUT2D eigenvalue weighted by Gasteiger charge is 2.35. The van der Waals surface area contributed by atoms with Crippen molar-refractivity contribution in [1.82, 2.24) is 15.0 Å². The fraction of sp³-hybridized carbons (Fsp3) is 0.182. The number of nitrogen functional groups attached to an aromatic ring is 1. The summed E-state index contributed by atoms with van der Waals surface area (Å²) < 4.78 is 42.2. The summed E-state index contributed by atoms with van der Waals surface area (Å²) in [5, 5.41) is 0. The van der Waals surface area contributed by atoms with E-state index in [4.69, 9.17) is 10.5 Å². The molecule has 2 aromatic rings. The number of hydrogen-bond donors (Lipinski definition) is 1. The van der Waals surface area contributed by atoms with E-state index in [1.165, 1.54) is 19.4 Å². The Bertz CT molecular complexity index is 601. The predicted octanol–water partition coefficient (Wildman–Crippen LogP) is 2.15. The molecule has 0 atom stereocenters. The van der Waals surface area contributed by atoms with Crippen LogP contribution in [0.25, 0.3) is 11.1 Å². The highest BCUT2D eigenvalue weighted by Crippen LogP contribution is 2.30. The van der Waals surface area contributed by atoms with E-state index < -0.39 is 12.0 Å². The number of aromatic nitrogens is 3. The minimum absolute atomic E-state index is 0.254. The fourth-order valence-electron chi connectivity index (χ4n) is 1.44. The Morgan fingerprint density at radius 3 is 2.58 bits per heavy atom. The number of hydrogen-bond acceptors (Lipinski definition) is 5. The average molecular weight is 270 g/mol. The largest absolute Gasteiger partial charge is 0.481 e. The Morgan fingerprint density at radius 1 is 1.26 bits per heavy atom. The number of alkyl halides is 3. The van der Waals surface area contributed by atoms with E-state index in [2.05, 4.69) is 15.0 Å². The summed E-state index contributed by atoms with van der Waals surface area (Å²) in [4.78, 5) is 10.4. The van der Waals surface area contributed by atoms with Crippen molar-refractivity contribution in [3.63, 3.8) is 0 Å². The first-order valence-corrected chi connectivity index (χ1v) is 5.12. The van der Waals surface area contributed by atoms with Crippen molar-refractivity contribution in [2.24, 2.45) is 0 Å². The van der Waals surface area contributed by atoms with Crippen LogP contribution in [-0.2, 0) is 6.18 Å². The lowest BCUT2D eigenvalue weighted by Crippen LogP contribution is -2.12. The van der Waals surface area contributed by atoms with Crippen LogP contribution in [0.5, 0.6) is 5.88 Å². The van der Waals surface area contributed by atoms with Gasteiger partial charge in [-0.3, -0.25) is 0 Å². The van der Waals surface area contributed by atoms with Crippen molar-refractivity contribution < 1.29 is 17.9 Å². The van der Waals surface area contributed by atoms with Gasteiger partial charge in [0.2, 0.25) is 11.7 Å². The zero-order valence-electron chi connectivity index (χ0n) is 9.77. The summed E-state index contributed by atoms with van der Waals surface area (Å²) in [7, 11) is 1.43. The van der Waals surface area contributed by atoms with Gasteiger partial charge in [0, 0.05) is 24.0 Å². The molecule has 0 aliphatic rings. The monoisotopic (exact) mass is 270 g/mol. The molecule has 8 heteroatoms. The number of nitrogens with two attached hydrogens (primary N) is 1. The number of ether oxygens (including phenoxy) is 1. The molecule has 0 aromatic carbocycles. The Labute approximate surface area is 106 Å². The summed E-state index contributed by atoms with van der Waals surface area (Å²) in [5.74, 6) is -1.21. The Morgan fingerprint density at radius 2 is 2.00 bits per heavy atom. The lowest BCUT2D eigenvalue weighted by atomic mass is 10.1. The van der Waals surface area contributed by atoms with Crippen molar-refractivity contribution >= 4 is 5.82 Å². The predicted molar refractivity (Wildman–Crippen MR) is 61.2 cm³/mol. The SMILES string of the molecule is COc1cc(-c2cnc(C(F)(F)F)nc2N)ccn1. The van der Waals surface area contributed by atoms with Gasteiger partial charge in [0.15, 0.2) is 0 Å². The summed E-state index contributed by atoms with van der Waals surface area (Å²) in [6.07, 6.45) is -2.15. The summed E-state index contributed by atoms with van der Waals surface area (Å²) in [6, 6.07) is 3.10. The molecule has 19 heavy (non-hydrogen) atoms. The maximum atomic E-state index is 12.4. The Kier molecular flexibility index (Phi) is 3.24. The average Bonchev–Trinajstić information content (AvgIpc) is 2.37. The van der Waals surface area contributed by atoms with Gasteiger partial charge in [0.05, 0.1) is 7.11 Å². The maximum absolute atomic E-state index is 12.4. The van der Waals surface area contributed by atoms with Crippen LogP contribution < -0.4 is 10.5 Å². The smallest absolute Gasteiger partial charge is 0.451 e. The van der Waals surface area contributed by atoms with Crippen LogP contribution in [0.2, 0.25) is 0 Å². The van der Waals surface area contributed by atoms with E-state index in [9.17, 15) is 13.2 Å². The normalized spacial score (nSPS) is 11.4. The first-order valence-electron chi connectivity index (χ1n) is 5.12. The van der Waals surface area contributed by atoms with Crippen LogP contribution >= 0.6 is 0 Å². The molecule has 0 amide bonds. The lowest BCUT2D eigenvalue weighted by molar-refractivity contribution is -0.144. The first-order chi connectivity index (χ1) is 8.91. The van der Waals surface area contributed by atoms with E-state index in [0.717, 1.165) is 6.20 Å². The molecular weight excluding hydrogens is 261 g/mol. The van der Waals surface area contributed by atoms with Gasteiger partial charge in [0.1, 0.15) is 5.82 Å². The fourth-order valence-corrected chi connectivity index (χ4v) is 1.44. The minimum Gasteiger partial charge on any atom is -0.481 e. The second-order valence-electron chi connectivity index (χ2n) is 3.58. The molecule has 0 aliphatic heterocycles. The molecule has 0 fully saturated rings. The molecule has 2 aromatic heterocycles. The molecule has 0 saturated carbocycles.